The van der Waals surface area contributed by atoms with Gasteiger partial charge in [-0.3, -0.25) is 0 Å². The van der Waals surface area contributed by atoms with Crippen LogP contribution in [0, 0.1) is 13.8 Å². The standard InChI is InChI=1S/C45H33BN2/c1-26-12-9-13-27(2)41(26)30-23-34-32-17-10-16-31-33-22-28-14-5-6-15-29(28)24-39(33)48(43(31)32)46-37-20-11-19-36-44(37)47(40(25-30)42(34)46)38-21-8-7-18-35(38)45(36,3)4/h5-25H,1-4H3. The van der Waals surface area contributed by atoms with Crippen molar-refractivity contribution in [1.29, 1.82) is 0 Å². The van der Waals surface area contributed by atoms with E-state index < -0.39 is 0 Å². The number of aryl methyl sites for hydroxylation is 2. The molecule has 0 fully saturated rings. The van der Waals surface area contributed by atoms with Crippen LogP contribution in [-0.2, 0) is 5.41 Å². The predicted octanol–water partition coefficient (Wildman–Crippen LogP) is 10.3. The summed E-state index contributed by atoms with van der Waals surface area (Å²) in [6.45, 7) is 9.36. The summed E-state index contributed by atoms with van der Waals surface area (Å²) in [6.07, 6.45) is 0. The molecule has 0 N–H and O–H groups in total. The fraction of sp³-hybridized carbons (Fsp3) is 0.111. The zero-order chi connectivity index (χ0) is 32.1. The van der Waals surface area contributed by atoms with Crippen molar-refractivity contribution in [3.8, 4) is 22.3 Å². The Balaban J connectivity index is 1.36. The topological polar surface area (TPSA) is 8.17 Å². The fourth-order valence-corrected chi connectivity index (χ4v) is 9.69. The molecule has 0 saturated heterocycles. The number of benzene rings is 7. The molecule has 0 amide bonds. The molecule has 3 heteroatoms. The van der Waals surface area contributed by atoms with E-state index in [1.165, 1.54) is 105 Å². The lowest BCUT2D eigenvalue weighted by molar-refractivity contribution is 0.632. The minimum absolute atomic E-state index is 0.0466. The number of rotatable bonds is 1. The van der Waals surface area contributed by atoms with E-state index in [1.54, 1.807) is 0 Å². The molecule has 3 aliphatic rings. The molecule has 0 atom stereocenters. The summed E-state index contributed by atoms with van der Waals surface area (Å²) in [5.41, 5.74) is 19.9. The lowest BCUT2D eigenvalue weighted by Gasteiger charge is -2.48. The number of nitrogens with zero attached hydrogens (tertiary/aromatic N) is 2. The third-order valence-corrected chi connectivity index (χ3v) is 11.8. The van der Waals surface area contributed by atoms with Gasteiger partial charge in [-0.15, -0.1) is 0 Å². The van der Waals surface area contributed by atoms with E-state index in [-0.39, 0.29) is 12.3 Å². The summed E-state index contributed by atoms with van der Waals surface area (Å²) < 4.78 is 2.69. The molecule has 7 aromatic carbocycles. The summed E-state index contributed by atoms with van der Waals surface area (Å²) >= 11 is 0. The molecule has 4 heterocycles. The van der Waals surface area contributed by atoms with Gasteiger partial charge < -0.3 is 9.38 Å². The number of para-hydroxylation sites is 3. The van der Waals surface area contributed by atoms with Crippen LogP contribution in [0.4, 0.5) is 17.1 Å². The number of hydrogen-bond acceptors (Lipinski definition) is 1. The molecule has 0 radical (unpaired) electrons. The van der Waals surface area contributed by atoms with Crippen LogP contribution in [0.1, 0.15) is 36.1 Å². The molecule has 48 heavy (non-hydrogen) atoms. The highest BCUT2D eigenvalue weighted by molar-refractivity contribution is 6.90. The van der Waals surface area contributed by atoms with Gasteiger partial charge in [0.25, 0.3) is 0 Å². The normalized spacial score (nSPS) is 14.8. The minimum Gasteiger partial charge on any atom is -0.375 e. The monoisotopic (exact) mass is 612 g/mol. The van der Waals surface area contributed by atoms with E-state index in [1.807, 2.05) is 0 Å². The maximum atomic E-state index is 2.69. The smallest absolute Gasteiger partial charge is 0.333 e. The Bertz CT molecular complexity index is 2730. The fourth-order valence-electron chi connectivity index (χ4n) is 9.69. The van der Waals surface area contributed by atoms with Crippen LogP contribution in [0.15, 0.2) is 127 Å². The van der Waals surface area contributed by atoms with E-state index >= 15 is 0 Å². The molecule has 2 nitrogen and oxygen atoms in total. The molecular formula is C45H33BN2. The summed E-state index contributed by atoms with van der Waals surface area (Å²) in [4.78, 5) is 2.61. The Morgan fingerprint density at radius 3 is 2.12 bits per heavy atom. The first kappa shape index (κ1) is 26.5. The first-order valence-corrected chi connectivity index (χ1v) is 17.1. The lowest BCUT2D eigenvalue weighted by atomic mass is 9.44. The minimum atomic E-state index is -0.139. The molecule has 226 valence electrons. The molecule has 0 saturated carbocycles. The van der Waals surface area contributed by atoms with Crippen LogP contribution in [0.25, 0.3) is 54.8 Å². The maximum absolute atomic E-state index is 2.69. The van der Waals surface area contributed by atoms with Crippen LogP contribution < -0.4 is 15.8 Å². The molecule has 0 spiro atoms. The Labute approximate surface area is 281 Å². The van der Waals surface area contributed by atoms with Gasteiger partial charge in [-0.2, -0.15) is 0 Å². The second kappa shape index (κ2) is 8.88. The number of hydrogen-bond donors (Lipinski definition) is 0. The summed E-state index contributed by atoms with van der Waals surface area (Å²) in [6, 6.07) is 48.5. The van der Waals surface area contributed by atoms with Crippen molar-refractivity contribution in [2.75, 3.05) is 4.90 Å². The van der Waals surface area contributed by atoms with Crippen molar-refractivity contribution < 1.29 is 0 Å². The van der Waals surface area contributed by atoms with Gasteiger partial charge in [0.1, 0.15) is 0 Å². The average molecular weight is 613 g/mol. The molecule has 0 bridgehead atoms. The van der Waals surface area contributed by atoms with E-state index in [4.69, 9.17) is 0 Å². The highest BCUT2D eigenvalue weighted by Crippen LogP contribution is 2.54. The Morgan fingerprint density at radius 1 is 0.583 bits per heavy atom. The van der Waals surface area contributed by atoms with Crippen molar-refractivity contribution in [2.24, 2.45) is 0 Å². The van der Waals surface area contributed by atoms with Gasteiger partial charge >= 0.3 is 6.85 Å². The van der Waals surface area contributed by atoms with Crippen molar-refractivity contribution in [1.82, 2.24) is 4.48 Å². The van der Waals surface area contributed by atoms with E-state index in [0.29, 0.717) is 0 Å². The summed E-state index contributed by atoms with van der Waals surface area (Å²) in [7, 11) is 0. The molecular weight excluding hydrogens is 579 g/mol. The number of anilines is 3. The van der Waals surface area contributed by atoms with Gasteiger partial charge in [0.15, 0.2) is 0 Å². The number of fused-ring (bicyclic) bond motifs is 10. The molecule has 0 aliphatic carbocycles. The van der Waals surface area contributed by atoms with Crippen LogP contribution in [0.3, 0.4) is 0 Å². The average Bonchev–Trinajstić information content (AvgIpc) is 3.42. The lowest BCUT2D eigenvalue weighted by Crippen LogP contribution is -2.58. The molecule has 3 aliphatic heterocycles. The first-order valence-electron chi connectivity index (χ1n) is 17.1. The summed E-state index contributed by atoms with van der Waals surface area (Å²) in [5.74, 6) is 0. The Kier molecular flexibility index (Phi) is 4.90. The first-order chi connectivity index (χ1) is 23.4. The highest BCUT2D eigenvalue weighted by Gasteiger charge is 2.48. The molecule has 0 unspecified atom stereocenters. The quantitative estimate of drug-likeness (QED) is 0.168. The van der Waals surface area contributed by atoms with Crippen molar-refractivity contribution >= 4 is 67.4 Å². The molecule has 11 rings (SSSR count). The van der Waals surface area contributed by atoms with Crippen LogP contribution in [0.5, 0.6) is 0 Å². The second-order valence-electron chi connectivity index (χ2n) is 14.6. The molecule has 8 aromatic rings. The Morgan fingerprint density at radius 2 is 1.29 bits per heavy atom. The van der Waals surface area contributed by atoms with E-state index in [9.17, 15) is 0 Å². The van der Waals surface area contributed by atoms with E-state index in [2.05, 4.69) is 164 Å². The third-order valence-electron chi connectivity index (χ3n) is 11.8. The van der Waals surface area contributed by atoms with Crippen LogP contribution in [0.2, 0.25) is 0 Å². The SMILES string of the molecule is Cc1cccc(C)c1-c1cc2c3c(c1)N1c4ccccc4C(C)(C)c4cccc(c41)B3n1c3cc4ccccc4cc3c3cccc-2c31. The second-order valence-corrected chi connectivity index (χ2v) is 14.6. The number of aromatic nitrogens is 1. The van der Waals surface area contributed by atoms with Crippen LogP contribution >= 0.6 is 0 Å². The van der Waals surface area contributed by atoms with Gasteiger partial charge in [0.05, 0.1) is 5.69 Å². The van der Waals surface area contributed by atoms with Gasteiger partial charge in [-0.05, 0) is 105 Å². The largest absolute Gasteiger partial charge is 0.375 e. The van der Waals surface area contributed by atoms with Crippen molar-refractivity contribution in [3.63, 3.8) is 0 Å². The van der Waals surface area contributed by atoms with E-state index in [0.717, 1.165) is 0 Å². The molecule has 1 aromatic heterocycles. The maximum Gasteiger partial charge on any atom is 0.333 e. The van der Waals surface area contributed by atoms with Crippen LogP contribution in [-0.4, -0.2) is 11.3 Å². The predicted molar refractivity (Wildman–Crippen MR) is 205 cm³/mol. The highest BCUT2D eigenvalue weighted by atomic mass is 15.2. The third kappa shape index (κ3) is 3.11. The van der Waals surface area contributed by atoms with Gasteiger partial charge in [0, 0.05) is 44.2 Å². The van der Waals surface area contributed by atoms with Gasteiger partial charge in [0.2, 0.25) is 0 Å². The van der Waals surface area contributed by atoms with Gasteiger partial charge in [-0.1, -0.05) is 111 Å². The zero-order valence-corrected chi connectivity index (χ0v) is 27.6. The summed E-state index contributed by atoms with van der Waals surface area (Å²) in [5, 5.41) is 5.22. The van der Waals surface area contributed by atoms with Gasteiger partial charge in [-0.25, -0.2) is 0 Å². The van der Waals surface area contributed by atoms with Crippen molar-refractivity contribution in [3.05, 3.63) is 150 Å². The van der Waals surface area contributed by atoms with Crippen molar-refractivity contribution in [2.45, 2.75) is 33.1 Å². The Hall–Kier alpha value is -5.54. The zero-order valence-electron chi connectivity index (χ0n) is 27.6.